The largest absolute Gasteiger partial charge is 0.442 e. The van der Waals surface area contributed by atoms with Crippen molar-refractivity contribution in [1.29, 1.82) is 0 Å². The third-order valence-electron chi connectivity index (χ3n) is 5.03. The molecule has 5 rings (SSSR count). The van der Waals surface area contributed by atoms with Crippen molar-refractivity contribution in [2.75, 3.05) is 18.1 Å². The lowest BCUT2D eigenvalue weighted by Crippen LogP contribution is -2.26. The van der Waals surface area contributed by atoms with Crippen molar-refractivity contribution < 1.29 is 19.5 Å². The van der Waals surface area contributed by atoms with E-state index < -0.39 is 0 Å². The second-order valence-electron chi connectivity index (χ2n) is 7.10. The first-order valence-electron chi connectivity index (χ1n) is 9.56. The van der Waals surface area contributed by atoms with Crippen LogP contribution in [0, 0.1) is 0 Å². The highest BCUT2D eigenvalue weighted by Gasteiger charge is 2.32. The standard InChI is InChI=1S/C20H19N5O4S/c26-12-15-9-17(22-29-15)19-6-5-18(30-19)13-1-3-14(4-2-13)25-11-16(28-20(25)27)10-24-8-7-21-23-24/h1-8,15-16,26H,9-12H2/t15?,16-/m0/s1. The number of rotatable bonds is 6. The molecule has 1 fully saturated rings. The van der Waals surface area contributed by atoms with E-state index in [1.165, 1.54) is 0 Å². The summed E-state index contributed by atoms with van der Waals surface area (Å²) in [5, 5.41) is 20.9. The predicted molar refractivity (Wildman–Crippen MR) is 111 cm³/mol. The van der Waals surface area contributed by atoms with Gasteiger partial charge in [-0.1, -0.05) is 22.5 Å². The van der Waals surface area contributed by atoms with Crippen LogP contribution >= 0.6 is 11.3 Å². The topological polar surface area (TPSA) is 102 Å². The minimum absolute atomic E-state index is 0.0364. The summed E-state index contributed by atoms with van der Waals surface area (Å²) < 4.78 is 7.11. The lowest BCUT2D eigenvalue weighted by atomic mass is 10.1. The Morgan fingerprint density at radius 2 is 1.97 bits per heavy atom. The van der Waals surface area contributed by atoms with E-state index in [-0.39, 0.29) is 24.9 Å². The van der Waals surface area contributed by atoms with Crippen LogP contribution in [0.25, 0.3) is 10.4 Å². The van der Waals surface area contributed by atoms with E-state index in [0.29, 0.717) is 19.5 Å². The lowest BCUT2D eigenvalue weighted by molar-refractivity contribution is 0.0390. The average molecular weight is 425 g/mol. The van der Waals surface area contributed by atoms with Crippen LogP contribution in [-0.2, 0) is 16.1 Å². The van der Waals surface area contributed by atoms with Crippen LogP contribution < -0.4 is 4.90 Å². The number of aromatic nitrogens is 3. The van der Waals surface area contributed by atoms with Gasteiger partial charge in [0.25, 0.3) is 0 Å². The summed E-state index contributed by atoms with van der Waals surface area (Å²) >= 11 is 1.62. The number of hydrogen-bond donors (Lipinski definition) is 1. The van der Waals surface area contributed by atoms with Crippen molar-refractivity contribution in [3.8, 4) is 10.4 Å². The zero-order valence-electron chi connectivity index (χ0n) is 15.9. The van der Waals surface area contributed by atoms with E-state index in [9.17, 15) is 9.90 Å². The molecule has 0 bridgehead atoms. The van der Waals surface area contributed by atoms with Crippen molar-refractivity contribution in [3.63, 3.8) is 0 Å². The van der Waals surface area contributed by atoms with Gasteiger partial charge in [0.05, 0.1) is 30.8 Å². The number of carbonyl (C=O) groups is 1. The van der Waals surface area contributed by atoms with E-state index in [4.69, 9.17) is 9.57 Å². The molecule has 9 nitrogen and oxygen atoms in total. The van der Waals surface area contributed by atoms with Crippen LogP contribution in [0.4, 0.5) is 10.5 Å². The van der Waals surface area contributed by atoms with Crippen LogP contribution in [0.5, 0.6) is 0 Å². The molecular weight excluding hydrogens is 406 g/mol. The minimum atomic E-state index is -0.357. The maximum Gasteiger partial charge on any atom is 0.414 e. The number of ether oxygens (including phenoxy) is 1. The maximum atomic E-state index is 12.3. The molecule has 4 heterocycles. The number of aliphatic hydroxyl groups is 1. The molecule has 154 valence electrons. The van der Waals surface area contributed by atoms with E-state index >= 15 is 0 Å². The Hall–Kier alpha value is -3.24. The van der Waals surface area contributed by atoms with Crippen LogP contribution in [0.1, 0.15) is 11.3 Å². The Labute approximate surface area is 176 Å². The van der Waals surface area contributed by atoms with Crippen LogP contribution in [0.3, 0.4) is 0 Å². The Morgan fingerprint density at radius 3 is 2.70 bits per heavy atom. The van der Waals surface area contributed by atoms with Gasteiger partial charge in [-0.3, -0.25) is 4.90 Å². The number of hydrogen-bond acceptors (Lipinski definition) is 8. The second kappa shape index (κ2) is 7.88. The first-order valence-corrected chi connectivity index (χ1v) is 10.4. The summed E-state index contributed by atoms with van der Waals surface area (Å²) in [6.07, 6.45) is 3.08. The zero-order chi connectivity index (χ0) is 20.5. The van der Waals surface area contributed by atoms with Gasteiger partial charge in [-0.05, 0) is 29.8 Å². The number of cyclic esters (lactones) is 1. The number of aliphatic hydroxyl groups excluding tert-OH is 1. The molecule has 1 aromatic carbocycles. The molecule has 2 aromatic heterocycles. The number of anilines is 1. The van der Waals surface area contributed by atoms with Crippen molar-refractivity contribution >= 4 is 28.8 Å². The van der Waals surface area contributed by atoms with Gasteiger partial charge in [-0.15, -0.1) is 16.4 Å². The van der Waals surface area contributed by atoms with Crippen molar-refractivity contribution in [2.45, 2.75) is 25.2 Å². The summed E-state index contributed by atoms with van der Waals surface area (Å²) in [6, 6.07) is 11.9. The van der Waals surface area contributed by atoms with Crippen molar-refractivity contribution in [2.24, 2.45) is 5.16 Å². The summed E-state index contributed by atoms with van der Waals surface area (Å²) in [5.74, 6) is 0. The Balaban J connectivity index is 1.26. The summed E-state index contributed by atoms with van der Waals surface area (Å²) in [6.45, 7) is 0.904. The Kier molecular flexibility index (Phi) is 4.93. The zero-order valence-corrected chi connectivity index (χ0v) is 16.7. The highest BCUT2D eigenvalue weighted by atomic mass is 32.1. The molecule has 0 aliphatic carbocycles. The Bertz CT molecular complexity index is 1060. The molecule has 0 radical (unpaired) electrons. The number of nitrogens with zero attached hydrogens (tertiary/aromatic N) is 5. The molecule has 2 aliphatic rings. The fraction of sp³-hybridized carbons (Fsp3) is 0.300. The SMILES string of the molecule is O=C1O[C@@H](Cn2ccnn2)CN1c1ccc(-c2ccc(C3=NOC(CO)C3)s2)cc1. The molecule has 1 unspecified atom stereocenters. The first kappa shape index (κ1) is 18.8. The maximum absolute atomic E-state index is 12.3. The van der Waals surface area contributed by atoms with Gasteiger partial charge < -0.3 is 14.7 Å². The van der Waals surface area contributed by atoms with Gasteiger partial charge in [0.2, 0.25) is 0 Å². The fourth-order valence-corrected chi connectivity index (χ4v) is 4.49. The molecule has 1 N–H and O–H groups in total. The number of amides is 1. The first-order chi connectivity index (χ1) is 14.7. The van der Waals surface area contributed by atoms with Gasteiger partial charge in [0.15, 0.2) is 6.10 Å². The quantitative estimate of drug-likeness (QED) is 0.651. The van der Waals surface area contributed by atoms with E-state index in [1.807, 2.05) is 36.4 Å². The highest BCUT2D eigenvalue weighted by molar-refractivity contribution is 7.17. The molecule has 30 heavy (non-hydrogen) atoms. The number of thiophene rings is 1. The van der Waals surface area contributed by atoms with Crippen LogP contribution in [-0.4, -0.2) is 57.3 Å². The van der Waals surface area contributed by atoms with Crippen molar-refractivity contribution in [1.82, 2.24) is 15.0 Å². The molecule has 0 spiro atoms. The molecule has 3 aromatic rings. The van der Waals surface area contributed by atoms with E-state index in [1.54, 1.807) is 33.3 Å². The predicted octanol–water partition coefficient (Wildman–Crippen LogP) is 2.52. The number of benzene rings is 1. The van der Waals surface area contributed by atoms with Crippen LogP contribution in [0.2, 0.25) is 0 Å². The molecule has 2 atom stereocenters. The smallest absolute Gasteiger partial charge is 0.414 e. The van der Waals surface area contributed by atoms with Gasteiger partial charge in [-0.2, -0.15) is 0 Å². The van der Waals surface area contributed by atoms with E-state index in [2.05, 4.69) is 15.5 Å². The fourth-order valence-electron chi connectivity index (χ4n) is 3.49. The Morgan fingerprint density at radius 1 is 1.13 bits per heavy atom. The van der Waals surface area contributed by atoms with Crippen molar-refractivity contribution in [3.05, 3.63) is 53.7 Å². The lowest BCUT2D eigenvalue weighted by Gasteiger charge is -2.13. The summed E-state index contributed by atoms with van der Waals surface area (Å²) in [5.41, 5.74) is 2.71. The van der Waals surface area contributed by atoms with E-state index in [0.717, 1.165) is 26.7 Å². The summed E-state index contributed by atoms with van der Waals surface area (Å²) in [4.78, 5) is 21.2. The molecular formula is C20H19N5O4S. The van der Waals surface area contributed by atoms with Gasteiger partial charge >= 0.3 is 6.09 Å². The third-order valence-corrected chi connectivity index (χ3v) is 6.21. The third kappa shape index (κ3) is 3.66. The molecule has 2 aliphatic heterocycles. The molecule has 10 heteroatoms. The average Bonchev–Trinajstić information content (AvgIpc) is 3.55. The molecule has 1 saturated heterocycles. The monoisotopic (exact) mass is 425 g/mol. The molecule has 0 saturated carbocycles. The van der Waals surface area contributed by atoms with Gasteiger partial charge in [0.1, 0.15) is 11.8 Å². The number of oxime groups is 1. The summed E-state index contributed by atoms with van der Waals surface area (Å²) in [7, 11) is 0. The van der Waals surface area contributed by atoms with Gasteiger partial charge in [0, 0.05) is 23.2 Å². The normalized spacial score (nSPS) is 20.9. The van der Waals surface area contributed by atoms with Gasteiger partial charge in [-0.25, -0.2) is 9.48 Å². The van der Waals surface area contributed by atoms with Crippen LogP contribution in [0.15, 0.2) is 53.9 Å². The molecule has 1 amide bonds. The highest BCUT2D eigenvalue weighted by Crippen LogP contribution is 2.32. The second-order valence-corrected chi connectivity index (χ2v) is 8.19. The number of carbonyl (C=O) groups excluding carboxylic acids is 1. The minimum Gasteiger partial charge on any atom is -0.442 e.